The molecule has 0 aromatic heterocycles. The fourth-order valence-electron chi connectivity index (χ4n) is 1.26. The maximum absolute atomic E-state index is 9.16. The minimum absolute atomic E-state index is 0.0159. The number of hydrogen-bond donors (Lipinski definition) is 3. The summed E-state index contributed by atoms with van der Waals surface area (Å²) in [5.74, 6) is -1.88. The fraction of sp³-hybridized carbons (Fsp3) is 1.00. The van der Waals surface area contributed by atoms with Gasteiger partial charge in [0.05, 0.1) is 12.7 Å². The summed E-state index contributed by atoms with van der Waals surface area (Å²) >= 11 is 0. The maximum Gasteiger partial charge on any atom is 0.250 e. The first-order valence-electron chi connectivity index (χ1n) is 3.58. The lowest BCUT2D eigenvalue weighted by Gasteiger charge is -2.19. The molecule has 64 valence electrons. The highest BCUT2D eigenvalue weighted by Crippen LogP contribution is 2.31. The van der Waals surface area contributed by atoms with Crippen LogP contribution in [-0.2, 0) is 9.47 Å². The van der Waals surface area contributed by atoms with Crippen molar-refractivity contribution in [1.29, 1.82) is 0 Å². The van der Waals surface area contributed by atoms with Gasteiger partial charge < -0.3 is 19.7 Å². The number of epoxide rings is 1. The first-order valence-corrected chi connectivity index (χ1v) is 3.58. The molecule has 11 heavy (non-hydrogen) atoms. The van der Waals surface area contributed by atoms with Crippen LogP contribution < -0.4 is 5.73 Å². The molecule has 2 fully saturated rings. The summed E-state index contributed by atoms with van der Waals surface area (Å²) in [6.07, 6.45) is -0.892. The Balaban J connectivity index is 1.99. The number of aliphatic hydroxyl groups excluding tert-OH is 1. The average molecular weight is 161 g/mol. The van der Waals surface area contributed by atoms with E-state index in [9.17, 15) is 0 Å². The maximum atomic E-state index is 9.16. The van der Waals surface area contributed by atoms with Crippen LogP contribution in [0.5, 0.6) is 0 Å². The summed E-state index contributed by atoms with van der Waals surface area (Å²) in [4.78, 5) is 0. The molecule has 0 unspecified atom stereocenters. The highest BCUT2D eigenvalue weighted by molar-refractivity contribution is 4.91. The van der Waals surface area contributed by atoms with E-state index in [-0.39, 0.29) is 12.2 Å². The van der Waals surface area contributed by atoms with Gasteiger partial charge in [0.2, 0.25) is 5.91 Å². The van der Waals surface area contributed by atoms with E-state index in [0.29, 0.717) is 13.0 Å². The van der Waals surface area contributed by atoms with Gasteiger partial charge >= 0.3 is 0 Å². The molecule has 0 amide bonds. The minimum atomic E-state index is -1.88. The van der Waals surface area contributed by atoms with Crippen LogP contribution in [-0.4, -0.2) is 41.0 Å². The Morgan fingerprint density at radius 1 is 1.45 bits per heavy atom. The standard InChI is InChI=1S/C6H11NO4/c7-6(9)5(8)1-3(11-6)4-2-10-4/h3-5,8-9H,1-2,7H2/t3-,4-,5+,6+/m0/s1. The molecule has 5 heteroatoms. The van der Waals surface area contributed by atoms with Crippen LogP contribution >= 0.6 is 0 Å². The molecule has 0 aliphatic carbocycles. The van der Waals surface area contributed by atoms with Gasteiger partial charge in [-0.25, -0.2) is 0 Å². The first-order chi connectivity index (χ1) is 5.09. The van der Waals surface area contributed by atoms with Crippen LogP contribution in [0.4, 0.5) is 0 Å². The molecule has 4 N–H and O–H groups in total. The quantitative estimate of drug-likeness (QED) is 0.310. The van der Waals surface area contributed by atoms with Gasteiger partial charge in [0.25, 0.3) is 0 Å². The van der Waals surface area contributed by atoms with Gasteiger partial charge in [-0.1, -0.05) is 0 Å². The van der Waals surface area contributed by atoms with Crippen LogP contribution in [0.1, 0.15) is 6.42 Å². The second-order valence-corrected chi connectivity index (χ2v) is 3.03. The van der Waals surface area contributed by atoms with E-state index in [1.54, 1.807) is 0 Å². The second kappa shape index (κ2) is 2.15. The van der Waals surface area contributed by atoms with Crippen LogP contribution in [0, 0.1) is 0 Å². The second-order valence-electron chi connectivity index (χ2n) is 3.03. The van der Waals surface area contributed by atoms with E-state index in [1.807, 2.05) is 0 Å². The molecular formula is C6H11NO4. The predicted molar refractivity (Wildman–Crippen MR) is 34.4 cm³/mol. The van der Waals surface area contributed by atoms with Crippen molar-refractivity contribution in [2.45, 2.75) is 30.6 Å². The van der Waals surface area contributed by atoms with Gasteiger partial charge in [0.1, 0.15) is 12.2 Å². The molecule has 4 atom stereocenters. The third-order valence-electron chi connectivity index (χ3n) is 2.05. The van der Waals surface area contributed by atoms with Crippen molar-refractivity contribution in [3.8, 4) is 0 Å². The Hall–Kier alpha value is -0.200. The summed E-state index contributed by atoms with van der Waals surface area (Å²) in [6.45, 7) is 0.632. The normalized spacial score (nSPS) is 56.5. The number of hydrogen-bond acceptors (Lipinski definition) is 5. The van der Waals surface area contributed by atoms with Gasteiger partial charge in [-0.3, -0.25) is 5.73 Å². The molecule has 0 saturated carbocycles. The zero-order valence-corrected chi connectivity index (χ0v) is 5.93. The van der Waals surface area contributed by atoms with E-state index < -0.39 is 12.0 Å². The Morgan fingerprint density at radius 2 is 2.09 bits per heavy atom. The van der Waals surface area contributed by atoms with Crippen LogP contribution in [0.2, 0.25) is 0 Å². The van der Waals surface area contributed by atoms with Crippen molar-refractivity contribution in [3.63, 3.8) is 0 Å². The van der Waals surface area contributed by atoms with Crippen molar-refractivity contribution < 1.29 is 19.7 Å². The van der Waals surface area contributed by atoms with Crippen LogP contribution in [0.15, 0.2) is 0 Å². The van der Waals surface area contributed by atoms with E-state index in [2.05, 4.69) is 0 Å². The van der Waals surface area contributed by atoms with Gasteiger partial charge in [-0.15, -0.1) is 0 Å². The largest absolute Gasteiger partial charge is 0.386 e. The molecular weight excluding hydrogens is 150 g/mol. The van der Waals surface area contributed by atoms with Gasteiger partial charge in [-0.05, 0) is 0 Å². The molecule has 2 saturated heterocycles. The van der Waals surface area contributed by atoms with Crippen molar-refractivity contribution in [3.05, 3.63) is 0 Å². The Labute approximate surface area is 63.7 Å². The topological polar surface area (TPSA) is 88.2 Å². The molecule has 0 spiro atoms. The molecule has 5 nitrogen and oxygen atoms in total. The zero-order valence-electron chi connectivity index (χ0n) is 5.93. The highest BCUT2D eigenvalue weighted by atomic mass is 16.7. The van der Waals surface area contributed by atoms with Gasteiger partial charge in [0.15, 0.2) is 0 Å². The zero-order chi connectivity index (χ0) is 8.06. The molecule has 2 aliphatic heterocycles. The highest BCUT2D eigenvalue weighted by Gasteiger charge is 2.49. The van der Waals surface area contributed by atoms with E-state index in [4.69, 9.17) is 25.4 Å². The van der Waals surface area contributed by atoms with Gasteiger partial charge in [0, 0.05) is 6.42 Å². The third-order valence-corrected chi connectivity index (χ3v) is 2.05. The van der Waals surface area contributed by atoms with Gasteiger partial charge in [-0.2, -0.15) is 0 Å². The monoisotopic (exact) mass is 161 g/mol. The number of rotatable bonds is 1. The average Bonchev–Trinajstić information content (AvgIpc) is 2.63. The summed E-state index contributed by atoms with van der Waals surface area (Å²) in [5.41, 5.74) is 5.21. The van der Waals surface area contributed by atoms with Crippen molar-refractivity contribution in [2.24, 2.45) is 5.73 Å². The lowest BCUT2D eigenvalue weighted by atomic mass is 10.1. The molecule has 2 rings (SSSR count). The smallest absolute Gasteiger partial charge is 0.250 e. The van der Waals surface area contributed by atoms with Crippen LogP contribution in [0.25, 0.3) is 0 Å². The lowest BCUT2D eigenvalue weighted by molar-refractivity contribution is -0.224. The van der Waals surface area contributed by atoms with Crippen molar-refractivity contribution in [2.75, 3.05) is 6.61 Å². The molecule has 0 bridgehead atoms. The van der Waals surface area contributed by atoms with Crippen molar-refractivity contribution >= 4 is 0 Å². The predicted octanol–water partition coefficient (Wildman–Crippen LogP) is -1.86. The molecule has 0 aromatic carbocycles. The molecule has 0 radical (unpaired) electrons. The lowest BCUT2D eigenvalue weighted by Crippen LogP contribution is -2.48. The van der Waals surface area contributed by atoms with E-state index >= 15 is 0 Å². The third kappa shape index (κ3) is 1.25. The summed E-state index contributed by atoms with van der Waals surface area (Å²) < 4.78 is 9.87. The first kappa shape index (κ1) is 7.45. The molecule has 2 aliphatic rings. The summed E-state index contributed by atoms with van der Waals surface area (Å²) in [6, 6.07) is 0. The van der Waals surface area contributed by atoms with Crippen molar-refractivity contribution in [1.82, 2.24) is 0 Å². The Kier molecular flexibility index (Phi) is 1.45. The minimum Gasteiger partial charge on any atom is -0.386 e. The molecule has 2 heterocycles. The summed E-state index contributed by atoms with van der Waals surface area (Å²) in [7, 11) is 0. The number of nitrogens with two attached hydrogens (primary N) is 1. The van der Waals surface area contributed by atoms with E-state index in [1.165, 1.54) is 0 Å². The number of ether oxygens (including phenoxy) is 2. The number of aliphatic hydroxyl groups is 2. The Bertz CT molecular complexity index is 168. The van der Waals surface area contributed by atoms with Crippen LogP contribution in [0.3, 0.4) is 0 Å². The summed E-state index contributed by atoms with van der Waals surface area (Å²) in [5, 5.41) is 18.3. The SMILES string of the molecule is N[C@]1(O)O[C@H]([C@@H]2CO2)C[C@H]1O. The molecule has 0 aromatic rings. The Morgan fingerprint density at radius 3 is 2.45 bits per heavy atom. The van der Waals surface area contributed by atoms with E-state index in [0.717, 1.165) is 0 Å². The fourth-order valence-corrected chi connectivity index (χ4v) is 1.26.